The SMILES string of the molecule is c1ccc(-c2csc(SC3CCNCC3)n2)cc1. The second-order valence-corrected chi connectivity index (χ2v) is 6.84. The number of nitrogens with zero attached hydrogens (tertiary/aromatic N) is 1. The number of rotatable bonds is 3. The van der Waals surface area contributed by atoms with Gasteiger partial charge in [0.15, 0.2) is 4.34 Å². The van der Waals surface area contributed by atoms with Gasteiger partial charge in [0.1, 0.15) is 0 Å². The number of thiazole rings is 1. The van der Waals surface area contributed by atoms with Crippen LogP contribution in [0.3, 0.4) is 0 Å². The van der Waals surface area contributed by atoms with Crippen molar-refractivity contribution in [3.63, 3.8) is 0 Å². The zero-order valence-corrected chi connectivity index (χ0v) is 11.8. The van der Waals surface area contributed by atoms with Gasteiger partial charge in [-0.3, -0.25) is 0 Å². The Morgan fingerprint density at radius 1 is 1.17 bits per heavy atom. The summed E-state index contributed by atoms with van der Waals surface area (Å²) >= 11 is 3.72. The first kappa shape index (κ1) is 12.2. The van der Waals surface area contributed by atoms with E-state index in [2.05, 4.69) is 35.0 Å². The molecule has 0 spiro atoms. The summed E-state index contributed by atoms with van der Waals surface area (Å²) in [6.45, 7) is 2.29. The third-order valence-corrected chi connectivity index (χ3v) is 5.42. The Morgan fingerprint density at radius 2 is 1.94 bits per heavy atom. The molecule has 0 atom stereocenters. The third kappa shape index (κ3) is 2.94. The largest absolute Gasteiger partial charge is 0.317 e. The lowest BCUT2D eigenvalue weighted by molar-refractivity contribution is 0.531. The molecule has 0 aliphatic carbocycles. The number of thioether (sulfide) groups is 1. The van der Waals surface area contributed by atoms with Gasteiger partial charge in [0.25, 0.3) is 0 Å². The third-order valence-electron chi connectivity index (χ3n) is 3.11. The molecule has 2 aromatic rings. The van der Waals surface area contributed by atoms with Crippen LogP contribution in [0.15, 0.2) is 40.1 Å². The molecular weight excluding hydrogens is 260 g/mol. The minimum atomic E-state index is 0.737. The molecule has 1 N–H and O–H groups in total. The van der Waals surface area contributed by atoms with E-state index in [1.54, 1.807) is 11.3 Å². The van der Waals surface area contributed by atoms with Crippen molar-refractivity contribution in [3.8, 4) is 11.3 Å². The van der Waals surface area contributed by atoms with Crippen LogP contribution in [0.5, 0.6) is 0 Å². The van der Waals surface area contributed by atoms with Gasteiger partial charge in [-0.05, 0) is 25.9 Å². The van der Waals surface area contributed by atoms with E-state index >= 15 is 0 Å². The van der Waals surface area contributed by atoms with Gasteiger partial charge in [-0.1, -0.05) is 42.1 Å². The van der Waals surface area contributed by atoms with Crippen molar-refractivity contribution in [2.75, 3.05) is 13.1 Å². The van der Waals surface area contributed by atoms with Crippen LogP contribution in [0.4, 0.5) is 0 Å². The number of benzene rings is 1. The van der Waals surface area contributed by atoms with Crippen LogP contribution in [-0.2, 0) is 0 Å². The van der Waals surface area contributed by atoms with Crippen molar-refractivity contribution in [2.24, 2.45) is 0 Å². The molecule has 18 heavy (non-hydrogen) atoms. The summed E-state index contributed by atoms with van der Waals surface area (Å²) in [4.78, 5) is 4.74. The van der Waals surface area contributed by atoms with Crippen LogP contribution < -0.4 is 5.32 Å². The van der Waals surface area contributed by atoms with Crippen molar-refractivity contribution in [3.05, 3.63) is 35.7 Å². The molecule has 1 fully saturated rings. The maximum Gasteiger partial charge on any atom is 0.150 e. The molecule has 4 heteroatoms. The average molecular weight is 276 g/mol. The molecule has 2 nitrogen and oxygen atoms in total. The number of hydrogen-bond acceptors (Lipinski definition) is 4. The average Bonchev–Trinajstić information content (AvgIpc) is 2.89. The van der Waals surface area contributed by atoms with E-state index in [9.17, 15) is 0 Å². The Morgan fingerprint density at radius 3 is 2.72 bits per heavy atom. The lowest BCUT2D eigenvalue weighted by Gasteiger charge is -2.20. The first-order valence-corrected chi connectivity index (χ1v) is 8.06. The van der Waals surface area contributed by atoms with Crippen LogP contribution in [-0.4, -0.2) is 23.3 Å². The smallest absolute Gasteiger partial charge is 0.150 e. The summed E-state index contributed by atoms with van der Waals surface area (Å²) in [5.74, 6) is 0. The van der Waals surface area contributed by atoms with Crippen LogP contribution in [0, 0.1) is 0 Å². The lowest BCUT2D eigenvalue weighted by atomic mass is 10.2. The topological polar surface area (TPSA) is 24.9 Å². The van der Waals surface area contributed by atoms with E-state index < -0.39 is 0 Å². The maximum atomic E-state index is 4.74. The number of aromatic nitrogens is 1. The molecule has 2 heterocycles. The Kier molecular flexibility index (Phi) is 3.98. The summed E-state index contributed by atoms with van der Waals surface area (Å²) in [7, 11) is 0. The molecule has 3 rings (SSSR count). The number of nitrogens with one attached hydrogen (secondary N) is 1. The van der Waals surface area contributed by atoms with E-state index in [0.717, 1.165) is 24.0 Å². The molecule has 1 aliphatic rings. The van der Waals surface area contributed by atoms with Gasteiger partial charge in [-0.15, -0.1) is 11.3 Å². The van der Waals surface area contributed by atoms with E-state index in [0.29, 0.717) is 0 Å². The Balaban J connectivity index is 1.69. The second-order valence-electron chi connectivity index (χ2n) is 4.43. The molecule has 0 unspecified atom stereocenters. The highest BCUT2D eigenvalue weighted by Gasteiger charge is 2.16. The molecule has 0 bridgehead atoms. The van der Waals surface area contributed by atoms with Gasteiger partial charge in [-0.2, -0.15) is 0 Å². The van der Waals surface area contributed by atoms with Crippen molar-refractivity contribution in [1.82, 2.24) is 10.3 Å². The van der Waals surface area contributed by atoms with Gasteiger partial charge < -0.3 is 5.32 Å². The quantitative estimate of drug-likeness (QED) is 0.926. The van der Waals surface area contributed by atoms with Gasteiger partial charge in [-0.25, -0.2) is 4.98 Å². The van der Waals surface area contributed by atoms with Gasteiger partial charge in [0.2, 0.25) is 0 Å². The highest BCUT2D eigenvalue weighted by atomic mass is 32.2. The Labute approximate surface area is 116 Å². The molecule has 1 saturated heterocycles. The molecule has 1 aromatic carbocycles. The first-order valence-electron chi connectivity index (χ1n) is 6.30. The highest BCUT2D eigenvalue weighted by Crippen LogP contribution is 2.33. The monoisotopic (exact) mass is 276 g/mol. The van der Waals surface area contributed by atoms with Crippen molar-refractivity contribution < 1.29 is 0 Å². The number of hydrogen-bond donors (Lipinski definition) is 1. The van der Waals surface area contributed by atoms with E-state index in [4.69, 9.17) is 4.98 Å². The normalized spacial score (nSPS) is 16.9. The predicted octanol–water partition coefficient (Wildman–Crippen LogP) is 3.65. The summed E-state index contributed by atoms with van der Waals surface area (Å²) in [6.07, 6.45) is 2.51. The summed E-state index contributed by atoms with van der Waals surface area (Å²) in [5.41, 5.74) is 2.32. The summed E-state index contributed by atoms with van der Waals surface area (Å²) in [6, 6.07) is 10.4. The highest BCUT2D eigenvalue weighted by molar-refractivity contribution is 8.01. The standard InChI is InChI=1S/C14H16N2S2/c1-2-4-11(5-3-1)13-10-17-14(16-13)18-12-6-8-15-9-7-12/h1-5,10,12,15H,6-9H2. The van der Waals surface area contributed by atoms with Crippen LogP contribution >= 0.6 is 23.1 Å². The maximum absolute atomic E-state index is 4.74. The molecule has 1 aliphatic heterocycles. The van der Waals surface area contributed by atoms with Crippen molar-refractivity contribution in [1.29, 1.82) is 0 Å². The summed E-state index contributed by atoms with van der Waals surface area (Å²) in [5, 5.41) is 6.30. The fourth-order valence-electron chi connectivity index (χ4n) is 2.11. The Hall–Kier alpha value is -0.840. The minimum Gasteiger partial charge on any atom is -0.317 e. The molecule has 0 radical (unpaired) electrons. The molecule has 0 amide bonds. The van der Waals surface area contributed by atoms with E-state index in [1.807, 2.05) is 17.8 Å². The van der Waals surface area contributed by atoms with Gasteiger partial charge in [0.05, 0.1) is 5.69 Å². The molecule has 0 saturated carbocycles. The first-order chi connectivity index (χ1) is 8.92. The molecule has 94 valence electrons. The van der Waals surface area contributed by atoms with Crippen molar-refractivity contribution in [2.45, 2.75) is 22.4 Å². The fourth-order valence-corrected chi connectivity index (χ4v) is 4.34. The minimum absolute atomic E-state index is 0.737. The molecular formula is C14H16N2S2. The van der Waals surface area contributed by atoms with Crippen LogP contribution in [0.2, 0.25) is 0 Å². The van der Waals surface area contributed by atoms with E-state index in [1.165, 1.54) is 22.7 Å². The lowest BCUT2D eigenvalue weighted by Crippen LogP contribution is -2.29. The van der Waals surface area contributed by atoms with Crippen LogP contribution in [0.25, 0.3) is 11.3 Å². The number of piperidine rings is 1. The van der Waals surface area contributed by atoms with Gasteiger partial charge >= 0.3 is 0 Å². The zero-order valence-electron chi connectivity index (χ0n) is 10.1. The van der Waals surface area contributed by atoms with Gasteiger partial charge in [0, 0.05) is 16.2 Å². The Bertz CT molecular complexity index is 490. The fraction of sp³-hybridized carbons (Fsp3) is 0.357. The second kappa shape index (κ2) is 5.87. The summed E-state index contributed by atoms with van der Waals surface area (Å²) < 4.78 is 1.21. The van der Waals surface area contributed by atoms with Crippen molar-refractivity contribution >= 4 is 23.1 Å². The molecule has 1 aromatic heterocycles. The predicted molar refractivity (Wildman–Crippen MR) is 79.3 cm³/mol. The van der Waals surface area contributed by atoms with Crippen LogP contribution in [0.1, 0.15) is 12.8 Å². The zero-order chi connectivity index (χ0) is 12.2. The van der Waals surface area contributed by atoms with E-state index in [-0.39, 0.29) is 0 Å².